The van der Waals surface area contributed by atoms with E-state index in [1.165, 1.54) is 6.07 Å². The smallest absolute Gasteiger partial charge is 0.166 e. The molecule has 0 aliphatic heterocycles. The zero-order valence-electron chi connectivity index (χ0n) is 23.5. The molecule has 40 heavy (non-hydrogen) atoms. The first-order valence-electron chi connectivity index (χ1n) is 14.7. The molecule has 0 saturated heterocycles. The summed E-state index contributed by atoms with van der Waals surface area (Å²) in [4.78, 5) is 0. The second-order valence-corrected chi connectivity index (χ2v) is 11.0. The van der Waals surface area contributed by atoms with Crippen molar-refractivity contribution in [1.29, 1.82) is 0 Å². The van der Waals surface area contributed by atoms with Crippen LogP contribution in [0.3, 0.4) is 0 Å². The van der Waals surface area contributed by atoms with Gasteiger partial charge in [0.1, 0.15) is 11.6 Å². The summed E-state index contributed by atoms with van der Waals surface area (Å²) in [7, 11) is 0. The maximum Gasteiger partial charge on any atom is 0.166 e. The Kier molecular flexibility index (Phi) is 10.9. The van der Waals surface area contributed by atoms with Crippen LogP contribution in [0.4, 0.5) is 13.2 Å². The van der Waals surface area contributed by atoms with Crippen LogP contribution in [0.1, 0.15) is 80.9 Å². The molecule has 1 saturated carbocycles. The lowest BCUT2D eigenvalue weighted by Crippen LogP contribution is -2.25. The van der Waals surface area contributed by atoms with Crippen molar-refractivity contribution in [3.8, 4) is 16.9 Å². The van der Waals surface area contributed by atoms with Gasteiger partial charge in [-0.15, -0.1) is 6.58 Å². The van der Waals surface area contributed by atoms with Crippen LogP contribution < -0.4 is 4.74 Å². The van der Waals surface area contributed by atoms with Gasteiger partial charge in [0.05, 0.1) is 12.7 Å². The largest absolute Gasteiger partial charge is 0.493 e. The van der Waals surface area contributed by atoms with E-state index in [1.54, 1.807) is 36.4 Å². The van der Waals surface area contributed by atoms with Crippen molar-refractivity contribution >= 4 is 0 Å². The van der Waals surface area contributed by atoms with Crippen molar-refractivity contribution in [1.82, 2.24) is 0 Å². The van der Waals surface area contributed by atoms with Crippen LogP contribution in [0.5, 0.6) is 5.75 Å². The van der Waals surface area contributed by atoms with Gasteiger partial charge in [0.15, 0.2) is 11.6 Å². The SMILES string of the molecule is C=CCCCOc1ccc(CCc2ccc(-c3ccc(C4CCC(C(O)CCC)CC4)c(F)c3F)cc2)c(F)c1. The van der Waals surface area contributed by atoms with E-state index in [1.807, 2.05) is 18.2 Å². The minimum atomic E-state index is -0.813. The highest BCUT2D eigenvalue weighted by molar-refractivity contribution is 5.65. The lowest BCUT2D eigenvalue weighted by atomic mass is 9.75. The van der Waals surface area contributed by atoms with Gasteiger partial charge in [-0.1, -0.05) is 61.9 Å². The van der Waals surface area contributed by atoms with Crippen LogP contribution in [0.15, 0.2) is 67.3 Å². The molecule has 0 bridgehead atoms. The molecule has 3 aromatic rings. The number of aliphatic hydroxyl groups is 1. The average Bonchev–Trinajstić information content (AvgIpc) is 2.97. The Balaban J connectivity index is 1.35. The summed E-state index contributed by atoms with van der Waals surface area (Å²) in [6.07, 6.45) is 9.35. The molecule has 0 heterocycles. The molecule has 4 rings (SSSR count). The highest BCUT2D eigenvalue weighted by atomic mass is 19.2. The Morgan fingerprint density at radius 2 is 1.70 bits per heavy atom. The number of benzene rings is 3. The van der Waals surface area contributed by atoms with E-state index in [2.05, 4.69) is 13.5 Å². The van der Waals surface area contributed by atoms with Gasteiger partial charge >= 0.3 is 0 Å². The second-order valence-electron chi connectivity index (χ2n) is 11.0. The molecular formula is C35H41F3O2. The van der Waals surface area contributed by atoms with Gasteiger partial charge in [-0.25, -0.2) is 13.2 Å². The average molecular weight is 551 g/mol. The molecule has 1 fully saturated rings. The van der Waals surface area contributed by atoms with E-state index < -0.39 is 11.6 Å². The molecule has 1 aliphatic carbocycles. The molecule has 0 aromatic heterocycles. The number of aryl methyl sites for hydroxylation is 2. The maximum absolute atomic E-state index is 15.2. The topological polar surface area (TPSA) is 29.5 Å². The Morgan fingerprint density at radius 1 is 0.950 bits per heavy atom. The molecule has 5 heteroatoms. The van der Waals surface area contributed by atoms with Gasteiger partial charge < -0.3 is 9.84 Å². The molecule has 0 spiro atoms. The minimum Gasteiger partial charge on any atom is -0.493 e. The predicted octanol–water partition coefficient (Wildman–Crippen LogP) is 9.34. The zero-order valence-corrected chi connectivity index (χ0v) is 23.5. The van der Waals surface area contributed by atoms with Crippen LogP contribution in [0.2, 0.25) is 0 Å². The molecule has 1 N–H and O–H groups in total. The Labute approximate surface area is 236 Å². The molecule has 1 atom stereocenters. The van der Waals surface area contributed by atoms with E-state index in [4.69, 9.17) is 4.74 Å². The Morgan fingerprint density at radius 3 is 2.38 bits per heavy atom. The highest BCUT2D eigenvalue weighted by Gasteiger charge is 2.29. The quantitative estimate of drug-likeness (QED) is 0.170. The van der Waals surface area contributed by atoms with Gasteiger partial charge in [-0.2, -0.15) is 0 Å². The fourth-order valence-corrected chi connectivity index (χ4v) is 5.82. The van der Waals surface area contributed by atoms with Gasteiger partial charge in [0.25, 0.3) is 0 Å². The first-order valence-corrected chi connectivity index (χ1v) is 14.7. The molecular weight excluding hydrogens is 509 g/mol. The summed E-state index contributed by atoms with van der Waals surface area (Å²) in [5.74, 6) is -1.11. The van der Waals surface area contributed by atoms with Crippen LogP contribution in [-0.2, 0) is 12.8 Å². The minimum absolute atomic E-state index is 0.0192. The van der Waals surface area contributed by atoms with Gasteiger partial charge in [0.2, 0.25) is 0 Å². The van der Waals surface area contributed by atoms with Gasteiger partial charge in [0, 0.05) is 11.6 Å². The van der Waals surface area contributed by atoms with Crippen LogP contribution >= 0.6 is 0 Å². The Hall–Kier alpha value is -3.05. The van der Waals surface area contributed by atoms with E-state index in [0.717, 1.165) is 56.9 Å². The number of hydrogen-bond donors (Lipinski definition) is 1. The molecule has 3 aromatic carbocycles. The van der Waals surface area contributed by atoms with Crippen molar-refractivity contribution in [2.45, 2.75) is 83.2 Å². The third-order valence-electron chi connectivity index (χ3n) is 8.25. The summed E-state index contributed by atoms with van der Waals surface area (Å²) in [5.41, 5.74) is 2.90. The van der Waals surface area contributed by atoms with E-state index in [0.29, 0.717) is 41.9 Å². The molecule has 1 aliphatic rings. The fraction of sp³-hybridized carbons (Fsp3) is 0.429. The number of halogens is 3. The predicted molar refractivity (Wildman–Crippen MR) is 156 cm³/mol. The standard InChI is InChI=1S/C35H41F3O2/c1-3-5-6-22-40-29-19-18-27(32(36)23-29)13-10-24-8-11-25(12-9-24)30-20-21-31(35(38)34(30)37)26-14-16-28(17-15-26)33(39)7-4-2/h3,8-9,11-12,18-21,23,26,28,33,39H,1,4-7,10,13-17,22H2,2H3. The lowest BCUT2D eigenvalue weighted by Gasteiger charge is -2.32. The molecule has 214 valence electrons. The van der Waals surface area contributed by atoms with Crippen LogP contribution in [0, 0.1) is 23.4 Å². The van der Waals surface area contributed by atoms with Gasteiger partial charge in [-0.05, 0) is 97.9 Å². The number of hydrogen-bond acceptors (Lipinski definition) is 2. The number of rotatable bonds is 13. The lowest BCUT2D eigenvalue weighted by molar-refractivity contribution is 0.0727. The highest BCUT2D eigenvalue weighted by Crippen LogP contribution is 2.40. The van der Waals surface area contributed by atoms with Gasteiger partial charge in [-0.3, -0.25) is 0 Å². The third-order valence-corrected chi connectivity index (χ3v) is 8.25. The van der Waals surface area contributed by atoms with Crippen molar-refractivity contribution in [3.05, 3.63) is 101 Å². The normalized spacial score (nSPS) is 17.9. The summed E-state index contributed by atoms with van der Waals surface area (Å²) in [6.45, 7) is 6.27. The third kappa shape index (κ3) is 7.57. The fourth-order valence-electron chi connectivity index (χ4n) is 5.82. The maximum atomic E-state index is 15.2. The van der Waals surface area contributed by atoms with Crippen molar-refractivity contribution in [2.75, 3.05) is 6.61 Å². The molecule has 0 radical (unpaired) electrons. The number of aliphatic hydroxyl groups excluding tert-OH is 1. The number of allylic oxidation sites excluding steroid dienone is 1. The monoisotopic (exact) mass is 550 g/mol. The summed E-state index contributed by atoms with van der Waals surface area (Å²) in [5, 5.41) is 10.3. The summed E-state index contributed by atoms with van der Waals surface area (Å²) in [6, 6.07) is 15.7. The zero-order chi connectivity index (χ0) is 28.5. The summed E-state index contributed by atoms with van der Waals surface area (Å²) >= 11 is 0. The van der Waals surface area contributed by atoms with E-state index >= 15 is 8.78 Å². The Bertz CT molecular complexity index is 1250. The number of ether oxygens (including phenoxy) is 1. The first kappa shape index (κ1) is 29.9. The number of unbranched alkanes of at least 4 members (excludes halogenated alkanes) is 1. The van der Waals surface area contributed by atoms with Crippen LogP contribution in [0.25, 0.3) is 11.1 Å². The van der Waals surface area contributed by atoms with E-state index in [-0.39, 0.29) is 29.3 Å². The summed E-state index contributed by atoms with van der Waals surface area (Å²) < 4.78 is 50.5. The van der Waals surface area contributed by atoms with E-state index in [9.17, 15) is 9.50 Å². The van der Waals surface area contributed by atoms with Crippen molar-refractivity contribution in [2.24, 2.45) is 5.92 Å². The molecule has 0 amide bonds. The first-order chi connectivity index (χ1) is 19.4. The molecule has 2 nitrogen and oxygen atoms in total. The van der Waals surface area contributed by atoms with Crippen molar-refractivity contribution in [3.63, 3.8) is 0 Å². The second kappa shape index (κ2) is 14.5. The van der Waals surface area contributed by atoms with Crippen molar-refractivity contribution < 1.29 is 23.0 Å². The van der Waals surface area contributed by atoms with Crippen LogP contribution in [-0.4, -0.2) is 17.8 Å². The molecule has 1 unspecified atom stereocenters.